The molecule has 1 aliphatic rings. The number of hydrogen-bond donors (Lipinski definition) is 4. The van der Waals surface area contributed by atoms with Crippen molar-refractivity contribution in [2.24, 2.45) is 0 Å². The van der Waals surface area contributed by atoms with Gasteiger partial charge >= 0.3 is 0 Å². The predicted molar refractivity (Wildman–Crippen MR) is 83.1 cm³/mol. The summed E-state index contributed by atoms with van der Waals surface area (Å²) in [6.45, 7) is 2.11. The molecule has 2 aromatic heterocycles. The fourth-order valence-electron chi connectivity index (χ4n) is 2.62. The molecule has 3 rings (SSSR count). The molecule has 4 atom stereocenters. The highest BCUT2D eigenvalue weighted by Crippen LogP contribution is 2.32. The van der Waals surface area contributed by atoms with Crippen molar-refractivity contribution in [2.75, 3.05) is 18.9 Å². The molecule has 0 radical (unpaired) electrons. The van der Waals surface area contributed by atoms with Crippen molar-refractivity contribution in [3.8, 4) is 5.88 Å². The number of nitrogens with two attached hydrogens (primary N) is 1. The largest absolute Gasteiger partial charge is 0.476 e. The predicted octanol–water partition coefficient (Wildman–Crippen LogP) is -0.801. The van der Waals surface area contributed by atoms with E-state index in [0.29, 0.717) is 17.8 Å². The SMILES string of the molecule is CCCCOc1nc(N)nc2c1ncn2[C@@H]1O[C@H](CO)C(O)[C@@H]1O. The molecule has 1 unspecified atom stereocenters. The molecule has 24 heavy (non-hydrogen) atoms. The van der Waals surface area contributed by atoms with E-state index in [9.17, 15) is 15.3 Å². The molecular weight excluding hydrogens is 318 g/mol. The normalized spacial score (nSPS) is 27.0. The lowest BCUT2D eigenvalue weighted by atomic mass is 10.1. The van der Waals surface area contributed by atoms with E-state index in [1.54, 1.807) is 0 Å². The van der Waals surface area contributed by atoms with Crippen LogP contribution in [-0.4, -0.2) is 66.4 Å². The Morgan fingerprint density at radius 3 is 2.79 bits per heavy atom. The highest BCUT2D eigenvalue weighted by Gasteiger charge is 2.44. The number of hydrogen-bond acceptors (Lipinski definition) is 9. The third-order valence-electron chi connectivity index (χ3n) is 3.93. The summed E-state index contributed by atoms with van der Waals surface area (Å²) >= 11 is 0. The van der Waals surface area contributed by atoms with E-state index in [0.717, 1.165) is 12.8 Å². The standard InChI is InChI=1S/C14H21N5O5/c1-2-3-4-23-12-8-11(17-14(15)18-12)19(6-16-8)13-10(22)9(21)7(5-20)24-13/h6-7,9-10,13,20-22H,2-5H2,1H3,(H2,15,17,18)/t7-,9?,10+,13-/m1/s1. The minimum atomic E-state index is -1.24. The molecule has 2 aromatic rings. The molecule has 1 fully saturated rings. The Bertz CT molecular complexity index is 708. The zero-order chi connectivity index (χ0) is 17.3. The van der Waals surface area contributed by atoms with Crippen LogP contribution in [-0.2, 0) is 4.74 Å². The molecule has 0 saturated carbocycles. The van der Waals surface area contributed by atoms with Crippen LogP contribution in [0.4, 0.5) is 5.95 Å². The van der Waals surface area contributed by atoms with Gasteiger partial charge in [-0.25, -0.2) is 4.98 Å². The van der Waals surface area contributed by atoms with E-state index in [1.807, 2.05) is 6.92 Å². The van der Waals surface area contributed by atoms with E-state index in [4.69, 9.17) is 15.2 Å². The van der Waals surface area contributed by atoms with Gasteiger partial charge < -0.3 is 30.5 Å². The first-order chi connectivity index (χ1) is 11.6. The summed E-state index contributed by atoms with van der Waals surface area (Å²) in [7, 11) is 0. The van der Waals surface area contributed by atoms with Crippen LogP contribution < -0.4 is 10.5 Å². The third kappa shape index (κ3) is 2.88. The number of aliphatic hydroxyl groups is 3. The molecule has 0 aromatic carbocycles. The first-order valence-corrected chi connectivity index (χ1v) is 7.82. The smallest absolute Gasteiger partial charge is 0.247 e. The average molecular weight is 339 g/mol. The van der Waals surface area contributed by atoms with Gasteiger partial charge in [0.05, 0.1) is 19.5 Å². The van der Waals surface area contributed by atoms with E-state index < -0.39 is 31.1 Å². The quantitative estimate of drug-likeness (QED) is 0.496. The van der Waals surface area contributed by atoms with Gasteiger partial charge in [0.15, 0.2) is 17.4 Å². The maximum atomic E-state index is 10.2. The lowest BCUT2D eigenvalue weighted by Crippen LogP contribution is -2.33. The molecule has 132 valence electrons. The van der Waals surface area contributed by atoms with Crippen LogP contribution >= 0.6 is 0 Å². The zero-order valence-electron chi connectivity index (χ0n) is 13.2. The van der Waals surface area contributed by atoms with Crippen LogP contribution in [0.15, 0.2) is 6.33 Å². The number of anilines is 1. The van der Waals surface area contributed by atoms with E-state index in [2.05, 4.69) is 15.0 Å². The number of fused-ring (bicyclic) bond motifs is 1. The second-order valence-electron chi connectivity index (χ2n) is 5.64. The summed E-state index contributed by atoms with van der Waals surface area (Å²) in [6, 6.07) is 0. The molecule has 5 N–H and O–H groups in total. The van der Waals surface area contributed by atoms with Crippen LogP contribution in [0.25, 0.3) is 11.2 Å². The molecule has 0 amide bonds. The number of unbranched alkanes of at least 4 members (excludes halogenated alkanes) is 1. The number of aromatic nitrogens is 4. The summed E-state index contributed by atoms with van der Waals surface area (Å²) in [5, 5.41) is 29.3. The van der Waals surface area contributed by atoms with E-state index >= 15 is 0 Å². The van der Waals surface area contributed by atoms with E-state index in [-0.39, 0.29) is 11.8 Å². The molecule has 10 heteroatoms. The minimum Gasteiger partial charge on any atom is -0.476 e. The summed E-state index contributed by atoms with van der Waals surface area (Å²) < 4.78 is 12.6. The summed E-state index contributed by atoms with van der Waals surface area (Å²) in [5.41, 5.74) is 6.45. The topological polar surface area (TPSA) is 149 Å². The molecule has 0 aliphatic carbocycles. The minimum absolute atomic E-state index is 0.00231. The van der Waals surface area contributed by atoms with Crippen LogP contribution in [0.5, 0.6) is 5.88 Å². The van der Waals surface area contributed by atoms with Gasteiger partial charge in [-0.2, -0.15) is 9.97 Å². The lowest BCUT2D eigenvalue weighted by molar-refractivity contribution is -0.0511. The van der Waals surface area contributed by atoms with Crippen molar-refractivity contribution in [2.45, 2.75) is 44.3 Å². The van der Waals surface area contributed by atoms with Crippen molar-refractivity contribution in [3.05, 3.63) is 6.33 Å². The molecule has 1 saturated heterocycles. The molecular formula is C14H21N5O5. The number of ether oxygens (including phenoxy) is 2. The van der Waals surface area contributed by atoms with Crippen molar-refractivity contribution < 1.29 is 24.8 Å². The van der Waals surface area contributed by atoms with Crippen molar-refractivity contribution in [3.63, 3.8) is 0 Å². The van der Waals surface area contributed by atoms with Crippen molar-refractivity contribution >= 4 is 17.1 Å². The van der Waals surface area contributed by atoms with Gasteiger partial charge in [-0.15, -0.1) is 0 Å². The highest BCUT2D eigenvalue weighted by atomic mass is 16.6. The fraction of sp³-hybridized carbons (Fsp3) is 0.643. The average Bonchev–Trinajstić information content (AvgIpc) is 3.10. The number of imidazole rings is 1. The Morgan fingerprint density at radius 2 is 2.12 bits per heavy atom. The number of rotatable bonds is 6. The van der Waals surface area contributed by atoms with Gasteiger partial charge in [0.1, 0.15) is 18.3 Å². The van der Waals surface area contributed by atoms with Gasteiger partial charge in [0.2, 0.25) is 11.8 Å². The molecule has 10 nitrogen and oxygen atoms in total. The van der Waals surface area contributed by atoms with Crippen LogP contribution in [0, 0.1) is 0 Å². The van der Waals surface area contributed by atoms with Gasteiger partial charge in [-0.3, -0.25) is 4.57 Å². The Morgan fingerprint density at radius 1 is 1.33 bits per heavy atom. The molecule has 1 aliphatic heterocycles. The van der Waals surface area contributed by atoms with Crippen LogP contribution in [0.1, 0.15) is 26.0 Å². The Hall–Kier alpha value is -2.01. The monoisotopic (exact) mass is 339 g/mol. The van der Waals surface area contributed by atoms with Gasteiger partial charge in [0.25, 0.3) is 0 Å². The Kier molecular flexibility index (Phi) is 4.81. The fourth-order valence-corrected chi connectivity index (χ4v) is 2.62. The maximum absolute atomic E-state index is 10.2. The molecule has 0 spiro atoms. The van der Waals surface area contributed by atoms with Gasteiger partial charge in [-0.05, 0) is 6.42 Å². The molecule has 3 heterocycles. The first kappa shape index (κ1) is 16.8. The third-order valence-corrected chi connectivity index (χ3v) is 3.93. The van der Waals surface area contributed by atoms with Crippen LogP contribution in [0.2, 0.25) is 0 Å². The summed E-state index contributed by atoms with van der Waals surface area (Å²) in [6.07, 6.45) is -1.04. The first-order valence-electron chi connectivity index (χ1n) is 7.82. The number of aliphatic hydroxyl groups excluding tert-OH is 3. The van der Waals surface area contributed by atoms with Gasteiger partial charge in [-0.1, -0.05) is 13.3 Å². The Balaban J connectivity index is 1.95. The van der Waals surface area contributed by atoms with Crippen molar-refractivity contribution in [1.82, 2.24) is 19.5 Å². The summed E-state index contributed by atoms with van der Waals surface area (Å²) in [5.74, 6) is 0.263. The second-order valence-corrected chi connectivity index (χ2v) is 5.64. The highest BCUT2D eigenvalue weighted by molar-refractivity contribution is 5.77. The maximum Gasteiger partial charge on any atom is 0.247 e. The Labute approximate surface area is 137 Å². The molecule has 0 bridgehead atoms. The lowest BCUT2D eigenvalue weighted by Gasteiger charge is -2.16. The van der Waals surface area contributed by atoms with Crippen molar-refractivity contribution in [1.29, 1.82) is 0 Å². The number of nitrogens with zero attached hydrogens (tertiary/aromatic N) is 4. The zero-order valence-corrected chi connectivity index (χ0v) is 13.2. The summed E-state index contributed by atoms with van der Waals surface area (Å²) in [4.78, 5) is 12.4. The van der Waals surface area contributed by atoms with Crippen LogP contribution in [0.3, 0.4) is 0 Å². The second kappa shape index (κ2) is 6.85. The number of nitrogen functional groups attached to an aromatic ring is 1. The van der Waals surface area contributed by atoms with Gasteiger partial charge in [0, 0.05) is 0 Å². The van der Waals surface area contributed by atoms with E-state index in [1.165, 1.54) is 10.9 Å².